The number of anilines is 1. The van der Waals surface area contributed by atoms with Crippen LogP contribution >= 0.6 is 11.3 Å². The van der Waals surface area contributed by atoms with Crippen molar-refractivity contribution in [2.75, 3.05) is 11.9 Å². The summed E-state index contributed by atoms with van der Waals surface area (Å²) in [5.41, 5.74) is 3.80. The van der Waals surface area contributed by atoms with Crippen LogP contribution in [0.3, 0.4) is 0 Å². The zero-order valence-electron chi connectivity index (χ0n) is 18.3. The van der Waals surface area contributed by atoms with Gasteiger partial charge >= 0.3 is 6.03 Å². The molecule has 1 atom stereocenters. The van der Waals surface area contributed by atoms with Gasteiger partial charge in [0.05, 0.1) is 5.69 Å². The van der Waals surface area contributed by atoms with Gasteiger partial charge in [-0.05, 0) is 42.4 Å². The predicted octanol–water partition coefficient (Wildman–Crippen LogP) is 4.09. The molecule has 2 aliphatic rings. The molecule has 7 nitrogen and oxygen atoms in total. The molecule has 1 aliphatic heterocycles. The van der Waals surface area contributed by atoms with Crippen molar-refractivity contribution in [3.8, 4) is 11.3 Å². The highest BCUT2D eigenvalue weighted by Crippen LogP contribution is 2.39. The van der Waals surface area contributed by atoms with Crippen LogP contribution in [-0.2, 0) is 28.0 Å². The summed E-state index contributed by atoms with van der Waals surface area (Å²) < 4.78 is 0. The molecule has 1 spiro atoms. The van der Waals surface area contributed by atoms with Gasteiger partial charge in [0.1, 0.15) is 12.1 Å². The SMILES string of the molecule is CCc1ccc(-c2csc(NC(=O)CN3C(=O)N[C@@]4(CCCc5ccccc54)C3=O)n2)cc1. The third-order valence-corrected chi connectivity index (χ3v) is 7.12. The summed E-state index contributed by atoms with van der Waals surface area (Å²) >= 11 is 1.31. The Morgan fingerprint density at radius 2 is 1.97 bits per heavy atom. The Hall–Kier alpha value is -3.52. The summed E-state index contributed by atoms with van der Waals surface area (Å²) in [6, 6.07) is 15.3. The highest BCUT2D eigenvalue weighted by atomic mass is 32.1. The number of urea groups is 1. The van der Waals surface area contributed by atoms with E-state index in [1.807, 2.05) is 41.8 Å². The molecule has 2 heterocycles. The number of hydrogen-bond acceptors (Lipinski definition) is 5. The number of aryl methyl sites for hydroxylation is 2. The molecule has 1 aromatic heterocycles. The van der Waals surface area contributed by atoms with Crippen LogP contribution in [0.15, 0.2) is 53.9 Å². The van der Waals surface area contributed by atoms with Crippen molar-refractivity contribution in [3.05, 3.63) is 70.6 Å². The van der Waals surface area contributed by atoms with Gasteiger partial charge in [-0.3, -0.25) is 14.5 Å². The fraction of sp³-hybridized carbons (Fsp3) is 0.280. The molecule has 5 rings (SSSR count). The van der Waals surface area contributed by atoms with Crippen LogP contribution in [0.5, 0.6) is 0 Å². The molecule has 0 radical (unpaired) electrons. The van der Waals surface area contributed by atoms with Gasteiger partial charge in [0.25, 0.3) is 5.91 Å². The topological polar surface area (TPSA) is 91.4 Å². The second-order valence-corrected chi connectivity index (χ2v) is 9.23. The van der Waals surface area contributed by atoms with Crippen molar-refractivity contribution >= 4 is 34.3 Å². The van der Waals surface area contributed by atoms with Crippen LogP contribution in [0.4, 0.5) is 9.93 Å². The number of hydrogen-bond donors (Lipinski definition) is 2. The molecule has 0 saturated carbocycles. The first-order valence-electron chi connectivity index (χ1n) is 11.1. The number of imide groups is 1. The van der Waals surface area contributed by atoms with Crippen molar-refractivity contribution in [1.82, 2.24) is 15.2 Å². The van der Waals surface area contributed by atoms with Crippen molar-refractivity contribution < 1.29 is 14.4 Å². The molecule has 33 heavy (non-hydrogen) atoms. The van der Waals surface area contributed by atoms with E-state index in [-0.39, 0.29) is 12.5 Å². The summed E-state index contributed by atoms with van der Waals surface area (Å²) in [5, 5.41) is 7.90. The Morgan fingerprint density at radius 1 is 1.18 bits per heavy atom. The van der Waals surface area contributed by atoms with Gasteiger partial charge in [0.2, 0.25) is 5.91 Å². The van der Waals surface area contributed by atoms with Crippen LogP contribution in [0.25, 0.3) is 11.3 Å². The van der Waals surface area contributed by atoms with E-state index in [2.05, 4.69) is 34.7 Å². The number of nitrogens with zero attached hydrogens (tertiary/aromatic N) is 2. The normalized spacial score (nSPS) is 19.5. The third kappa shape index (κ3) is 3.80. The van der Waals surface area contributed by atoms with E-state index in [0.29, 0.717) is 11.6 Å². The molecule has 1 saturated heterocycles. The lowest BCUT2D eigenvalue weighted by Crippen LogP contribution is -2.47. The molecule has 8 heteroatoms. The van der Waals surface area contributed by atoms with E-state index < -0.39 is 17.5 Å². The zero-order chi connectivity index (χ0) is 23.0. The van der Waals surface area contributed by atoms with E-state index in [1.165, 1.54) is 16.9 Å². The molecule has 4 amide bonds. The van der Waals surface area contributed by atoms with Crippen LogP contribution in [-0.4, -0.2) is 34.3 Å². The van der Waals surface area contributed by atoms with Gasteiger partial charge in [-0.15, -0.1) is 11.3 Å². The largest absolute Gasteiger partial charge is 0.325 e. The van der Waals surface area contributed by atoms with Crippen LogP contribution < -0.4 is 10.6 Å². The fourth-order valence-electron chi connectivity index (χ4n) is 4.63. The fourth-order valence-corrected chi connectivity index (χ4v) is 5.37. The number of thiazole rings is 1. The van der Waals surface area contributed by atoms with Gasteiger partial charge < -0.3 is 10.6 Å². The number of carbonyl (C=O) groups excluding carboxylic acids is 3. The minimum atomic E-state index is -1.08. The highest BCUT2D eigenvalue weighted by Gasteiger charge is 2.54. The Labute approximate surface area is 195 Å². The van der Waals surface area contributed by atoms with Gasteiger partial charge in [-0.2, -0.15) is 0 Å². The summed E-state index contributed by atoms with van der Waals surface area (Å²) in [4.78, 5) is 44.2. The summed E-state index contributed by atoms with van der Waals surface area (Å²) in [6.07, 6.45) is 3.16. The monoisotopic (exact) mass is 460 g/mol. The van der Waals surface area contributed by atoms with Gasteiger partial charge in [-0.1, -0.05) is 55.5 Å². The van der Waals surface area contributed by atoms with Crippen LogP contribution in [0, 0.1) is 0 Å². The van der Waals surface area contributed by atoms with E-state index in [9.17, 15) is 14.4 Å². The standard InChI is InChI=1S/C25H24N4O3S/c1-2-16-9-11-18(12-10-16)20-15-33-23(26-20)27-21(30)14-29-22(31)25(28-24(29)32)13-5-7-17-6-3-4-8-19(17)25/h3-4,6,8-12,15H,2,5,7,13-14H2,1H3,(H,28,32)(H,26,27,30)/t25-/m1/s1. The average molecular weight is 461 g/mol. The minimum absolute atomic E-state index is 0.352. The average Bonchev–Trinajstić information content (AvgIpc) is 3.38. The molecule has 1 fully saturated rings. The Bertz CT molecular complexity index is 1240. The minimum Gasteiger partial charge on any atom is -0.319 e. The number of amides is 4. The number of nitrogens with one attached hydrogen (secondary N) is 2. The quantitative estimate of drug-likeness (QED) is 0.561. The highest BCUT2D eigenvalue weighted by molar-refractivity contribution is 7.14. The molecule has 1 aliphatic carbocycles. The summed E-state index contributed by atoms with van der Waals surface area (Å²) in [7, 11) is 0. The maximum atomic E-state index is 13.3. The summed E-state index contributed by atoms with van der Waals surface area (Å²) in [6.45, 7) is 1.75. The predicted molar refractivity (Wildman–Crippen MR) is 127 cm³/mol. The van der Waals surface area contributed by atoms with Crippen LogP contribution in [0.2, 0.25) is 0 Å². The lowest BCUT2D eigenvalue weighted by molar-refractivity contribution is -0.134. The number of fused-ring (bicyclic) bond motifs is 2. The third-order valence-electron chi connectivity index (χ3n) is 6.36. The molecule has 3 aromatic rings. The second kappa shape index (κ2) is 8.44. The number of rotatable bonds is 5. The van der Waals surface area contributed by atoms with Gasteiger partial charge in [-0.25, -0.2) is 9.78 Å². The first kappa shape index (κ1) is 21.3. The van der Waals surface area contributed by atoms with Crippen molar-refractivity contribution in [2.24, 2.45) is 0 Å². The lowest BCUT2D eigenvalue weighted by atomic mass is 9.76. The zero-order valence-corrected chi connectivity index (χ0v) is 19.1. The smallest absolute Gasteiger partial charge is 0.319 e. The maximum Gasteiger partial charge on any atom is 0.325 e. The van der Waals surface area contributed by atoms with Crippen molar-refractivity contribution in [2.45, 2.75) is 38.1 Å². The molecule has 168 valence electrons. The Morgan fingerprint density at radius 3 is 2.76 bits per heavy atom. The van der Waals surface area contributed by atoms with E-state index >= 15 is 0 Å². The van der Waals surface area contributed by atoms with E-state index in [4.69, 9.17) is 0 Å². The van der Waals surface area contributed by atoms with Crippen LogP contribution in [0.1, 0.15) is 36.5 Å². The van der Waals surface area contributed by atoms with Crippen molar-refractivity contribution in [3.63, 3.8) is 0 Å². The number of benzene rings is 2. The first-order chi connectivity index (χ1) is 16.0. The molecule has 0 unspecified atom stereocenters. The number of aromatic nitrogens is 1. The molecule has 2 aromatic carbocycles. The molecule has 0 bridgehead atoms. The second-order valence-electron chi connectivity index (χ2n) is 8.37. The van der Waals surface area contributed by atoms with E-state index in [1.54, 1.807) is 0 Å². The van der Waals surface area contributed by atoms with E-state index in [0.717, 1.165) is 46.5 Å². The Balaban J connectivity index is 1.29. The van der Waals surface area contributed by atoms with Gasteiger partial charge in [0, 0.05) is 10.9 Å². The van der Waals surface area contributed by atoms with Crippen molar-refractivity contribution in [1.29, 1.82) is 0 Å². The molecular weight excluding hydrogens is 436 g/mol. The maximum absolute atomic E-state index is 13.3. The lowest BCUT2D eigenvalue weighted by Gasteiger charge is -2.33. The molecule has 2 N–H and O–H groups in total. The summed E-state index contributed by atoms with van der Waals surface area (Å²) in [5.74, 6) is -0.826. The first-order valence-corrected chi connectivity index (χ1v) is 12.0. The number of carbonyl (C=O) groups is 3. The molecular formula is C25H24N4O3S. The van der Waals surface area contributed by atoms with Gasteiger partial charge in [0.15, 0.2) is 5.13 Å². The Kier molecular flexibility index (Phi) is 5.46.